The maximum absolute atomic E-state index is 13.0. The van der Waals surface area contributed by atoms with Crippen molar-refractivity contribution in [1.29, 1.82) is 0 Å². The van der Waals surface area contributed by atoms with Crippen molar-refractivity contribution in [2.45, 2.75) is 13.0 Å². The molecule has 0 saturated heterocycles. The second kappa shape index (κ2) is 6.75. The lowest BCUT2D eigenvalue weighted by molar-refractivity contribution is -0.384. The summed E-state index contributed by atoms with van der Waals surface area (Å²) in [6, 6.07) is 9.15. The third kappa shape index (κ3) is 3.65. The summed E-state index contributed by atoms with van der Waals surface area (Å²) in [4.78, 5) is 24.2. The van der Waals surface area contributed by atoms with Gasteiger partial charge in [-0.3, -0.25) is 14.9 Å². The lowest BCUT2D eigenvalue weighted by Gasteiger charge is -2.25. The van der Waals surface area contributed by atoms with E-state index in [-0.39, 0.29) is 28.1 Å². The van der Waals surface area contributed by atoms with Crippen LogP contribution in [0.25, 0.3) is 0 Å². The van der Waals surface area contributed by atoms with Gasteiger partial charge < -0.3 is 4.90 Å². The Kier molecular flexibility index (Phi) is 4.95. The Hall–Kier alpha value is -2.47. The van der Waals surface area contributed by atoms with Gasteiger partial charge in [-0.15, -0.1) is 0 Å². The monoisotopic (exact) mass is 336 g/mol. The molecule has 1 amide bonds. The first-order valence-electron chi connectivity index (χ1n) is 6.78. The highest BCUT2D eigenvalue weighted by Crippen LogP contribution is 2.26. The van der Waals surface area contributed by atoms with E-state index < -0.39 is 10.8 Å². The quantitative estimate of drug-likeness (QED) is 0.620. The summed E-state index contributed by atoms with van der Waals surface area (Å²) in [5.74, 6) is -0.813. The van der Waals surface area contributed by atoms with Crippen LogP contribution in [0.3, 0.4) is 0 Å². The highest BCUT2D eigenvalue weighted by atomic mass is 35.5. The molecule has 0 spiro atoms. The smallest absolute Gasteiger partial charge is 0.270 e. The molecule has 0 heterocycles. The van der Waals surface area contributed by atoms with Gasteiger partial charge in [0.2, 0.25) is 0 Å². The number of benzene rings is 2. The number of amides is 1. The van der Waals surface area contributed by atoms with Crippen LogP contribution in [0.15, 0.2) is 42.5 Å². The minimum atomic E-state index is -0.587. The summed E-state index contributed by atoms with van der Waals surface area (Å²) in [7, 11) is 1.56. The molecule has 0 aliphatic heterocycles. The molecule has 1 unspecified atom stereocenters. The first-order valence-corrected chi connectivity index (χ1v) is 7.15. The number of halogens is 2. The molecule has 2 aromatic rings. The molecule has 7 heteroatoms. The van der Waals surface area contributed by atoms with E-state index in [4.69, 9.17) is 11.6 Å². The zero-order chi connectivity index (χ0) is 17.1. The van der Waals surface area contributed by atoms with Crippen LogP contribution in [0.4, 0.5) is 10.1 Å². The van der Waals surface area contributed by atoms with Crippen molar-refractivity contribution in [2.24, 2.45) is 0 Å². The second-order valence-corrected chi connectivity index (χ2v) is 5.47. The molecule has 0 aliphatic rings. The molecule has 0 fully saturated rings. The number of carbonyl (C=O) groups excluding carboxylic acids is 1. The van der Waals surface area contributed by atoms with Crippen LogP contribution in [0.1, 0.15) is 28.9 Å². The molecule has 0 radical (unpaired) electrons. The fourth-order valence-corrected chi connectivity index (χ4v) is 2.32. The summed E-state index contributed by atoms with van der Waals surface area (Å²) in [6.07, 6.45) is 0. The fraction of sp³-hybridized carbons (Fsp3) is 0.188. The van der Waals surface area contributed by atoms with Crippen LogP contribution >= 0.6 is 11.6 Å². The Morgan fingerprint density at radius 3 is 2.43 bits per heavy atom. The van der Waals surface area contributed by atoms with Crippen molar-refractivity contribution >= 4 is 23.2 Å². The maximum atomic E-state index is 13.0. The van der Waals surface area contributed by atoms with Crippen LogP contribution in [0.5, 0.6) is 0 Å². The number of nitro benzene ring substituents is 1. The van der Waals surface area contributed by atoms with Crippen molar-refractivity contribution in [3.05, 3.63) is 74.5 Å². The highest BCUT2D eigenvalue weighted by Gasteiger charge is 2.23. The van der Waals surface area contributed by atoms with E-state index in [1.165, 1.54) is 29.2 Å². The van der Waals surface area contributed by atoms with E-state index in [1.54, 1.807) is 26.1 Å². The minimum absolute atomic E-state index is 0.0531. The number of nitro groups is 1. The Morgan fingerprint density at radius 2 is 1.87 bits per heavy atom. The lowest BCUT2D eigenvalue weighted by Crippen LogP contribution is -2.30. The molecule has 0 aliphatic carbocycles. The second-order valence-electron chi connectivity index (χ2n) is 5.06. The van der Waals surface area contributed by atoms with Gasteiger partial charge in [-0.25, -0.2) is 4.39 Å². The normalized spacial score (nSPS) is 11.8. The first kappa shape index (κ1) is 16.9. The van der Waals surface area contributed by atoms with Gasteiger partial charge in [0.25, 0.3) is 11.6 Å². The van der Waals surface area contributed by atoms with Gasteiger partial charge in [-0.2, -0.15) is 0 Å². The van der Waals surface area contributed by atoms with Gasteiger partial charge in [-0.05, 0) is 30.7 Å². The summed E-state index contributed by atoms with van der Waals surface area (Å²) < 4.78 is 13.0. The largest absolute Gasteiger partial charge is 0.335 e. The summed E-state index contributed by atoms with van der Waals surface area (Å²) in [6.45, 7) is 1.77. The number of carbonyl (C=O) groups is 1. The molecule has 2 rings (SSSR count). The maximum Gasteiger partial charge on any atom is 0.270 e. The summed E-state index contributed by atoms with van der Waals surface area (Å²) >= 11 is 5.99. The van der Waals surface area contributed by atoms with Gasteiger partial charge in [-0.1, -0.05) is 23.7 Å². The zero-order valence-corrected chi connectivity index (χ0v) is 13.2. The minimum Gasteiger partial charge on any atom is -0.335 e. The fourth-order valence-electron chi connectivity index (χ4n) is 2.12. The average molecular weight is 337 g/mol. The van der Waals surface area contributed by atoms with Gasteiger partial charge >= 0.3 is 0 Å². The molecule has 23 heavy (non-hydrogen) atoms. The number of rotatable bonds is 4. The van der Waals surface area contributed by atoms with Crippen LogP contribution in [0.2, 0.25) is 5.02 Å². The molecule has 0 N–H and O–H groups in total. The third-order valence-electron chi connectivity index (χ3n) is 3.64. The Balaban J connectivity index is 2.30. The molecule has 0 saturated carbocycles. The van der Waals surface area contributed by atoms with E-state index >= 15 is 0 Å². The first-order chi connectivity index (χ1) is 10.8. The van der Waals surface area contributed by atoms with Gasteiger partial charge in [0.15, 0.2) is 0 Å². The molecule has 120 valence electrons. The lowest BCUT2D eigenvalue weighted by atomic mass is 10.1. The molecule has 5 nitrogen and oxygen atoms in total. The SMILES string of the molecule is CC(c1ccc(F)cc1)N(C)C(=O)c1cc([N+](=O)[O-])ccc1Cl. The van der Waals surface area contributed by atoms with E-state index in [2.05, 4.69) is 0 Å². The van der Waals surface area contributed by atoms with Crippen LogP contribution in [-0.2, 0) is 0 Å². The van der Waals surface area contributed by atoms with Crippen molar-refractivity contribution in [3.63, 3.8) is 0 Å². The average Bonchev–Trinajstić information content (AvgIpc) is 2.53. The summed E-state index contributed by atoms with van der Waals surface area (Å²) in [5, 5.41) is 11.0. The van der Waals surface area contributed by atoms with Crippen molar-refractivity contribution in [3.8, 4) is 0 Å². The topological polar surface area (TPSA) is 63.5 Å². The molecule has 1 atom stereocenters. The molecule has 0 bridgehead atoms. The Labute approximate surface area is 137 Å². The van der Waals surface area contributed by atoms with E-state index in [9.17, 15) is 19.3 Å². The van der Waals surface area contributed by atoms with Crippen LogP contribution in [0, 0.1) is 15.9 Å². The number of nitrogens with zero attached hydrogens (tertiary/aromatic N) is 2. The Bertz CT molecular complexity index is 749. The van der Waals surface area contributed by atoms with E-state index in [0.717, 1.165) is 11.6 Å². The van der Waals surface area contributed by atoms with E-state index in [0.29, 0.717) is 0 Å². The zero-order valence-electron chi connectivity index (χ0n) is 12.5. The van der Waals surface area contributed by atoms with Crippen molar-refractivity contribution in [1.82, 2.24) is 4.90 Å². The molecular weight excluding hydrogens is 323 g/mol. The van der Waals surface area contributed by atoms with Crippen molar-refractivity contribution in [2.75, 3.05) is 7.05 Å². The molecular formula is C16H14ClFN2O3. The predicted octanol–water partition coefficient (Wildman–Crippen LogP) is 4.22. The Morgan fingerprint density at radius 1 is 1.26 bits per heavy atom. The number of hydrogen-bond acceptors (Lipinski definition) is 3. The van der Waals surface area contributed by atoms with Crippen LogP contribution in [-0.4, -0.2) is 22.8 Å². The standard InChI is InChI=1S/C16H14ClFN2O3/c1-10(11-3-5-12(18)6-4-11)19(2)16(21)14-9-13(20(22)23)7-8-15(14)17/h3-10H,1-2H3. The van der Waals surface area contributed by atoms with Gasteiger partial charge in [0.1, 0.15) is 5.82 Å². The highest BCUT2D eigenvalue weighted by molar-refractivity contribution is 6.33. The number of hydrogen-bond donors (Lipinski definition) is 0. The van der Waals surface area contributed by atoms with E-state index in [1.807, 2.05) is 0 Å². The third-order valence-corrected chi connectivity index (χ3v) is 3.97. The van der Waals surface area contributed by atoms with Gasteiger partial charge in [0, 0.05) is 19.2 Å². The molecule has 0 aromatic heterocycles. The molecule has 2 aromatic carbocycles. The summed E-state index contributed by atoms with van der Waals surface area (Å²) in [5.41, 5.74) is 0.585. The van der Waals surface area contributed by atoms with Gasteiger partial charge in [0.05, 0.1) is 21.6 Å². The predicted molar refractivity (Wildman–Crippen MR) is 85.0 cm³/mol. The number of non-ortho nitro benzene ring substituents is 1. The van der Waals surface area contributed by atoms with Crippen molar-refractivity contribution < 1.29 is 14.1 Å². The van der Waals surface area contributed by atoms with Crippen LogP contribution < -0.4 is 0 Å².